The van der Waals surface area contributed by atoms with Crippen molar-refractivity contribution in [2.45, 2.75) is 25.4 Å². The molecule has 1 N–H and O–H groups in total. The van der Waals surface area contributed by atoms with Crippen LogP contribution >= 0.6 is 0 Å². The first-order valence-corrected chi connectivity index (χ1v) is 6.67. The first-order chi connectivity index (χ1) is 9.58. The number of carbonyl (C=O) groups excluding carboxylic acids is 1. The summed E-state index contributed by atoms with van der Waals surface area (Å²) in [6.45, 7) is 1.49. The normalized spacial score (nSPS) is 16.4. The van der Waals surface area contributed by atoms with Gasteiger partial charge in [0.1, 0.15) is 5.69 Å². The number of piperidine rings is 1. The molecular weight excluding hydrogens is 262 g/mol. The van der Waals surface area contributed by atoms with E-state index in [4.69, 9.17) is 9.84 Å². The fourth-order valence-electron chi connectivity index (χ4n) is 2.26. The Kier molecular flexibility index (Phi) is 4.73. The van der Waals surface area contributed by atoms with Gasteiger partial charge in [-0.25, -0.2) is 4.98 Å². The number of likely N-dealkylation sites (tertiary alicyclic amines) is 1. The van der Waals surface area contributed by atoms with Gasteiger partial charge in [0.15, 0.2) is 0 Å². The standard InChI is InChI=1S/C13H19N3O4/c1-15-9-14-8-11(15)13(19)16-5-2-10(3-6-16)20-7-4-12(17)18/h8-10H,2-7H2,1H3,(H,17,18). The minimum Gasteiger partial charge on any atom is -0.481 e. The monoisotopic (exact) mass is 281 g/mol. The van der Waals surface area contributed by atoms with Crippen molar-refractivity contribution >= 4 is 11.9 Å². The Morgan fingerprint density at radius 3 is 2.70 bits per heavy atom. The van der Waals surface area contributed by atoms with Gasteiger partial charge < -0.3 is 19.3 Å². The Hall–Kier alpha value is -1.89. The number of hydrogen-bond donors (Lipinski definition) is 1. The van der Waals surface area contributed by atoms with Crippen LogP contribution in [-0.4, -0.2) is 57.2 Å². The zero-order valence-electron chi connectivity index (χ0n) is 11.5. The van der Waals surface area contributed by atoms with E-state index in [-0.39, 0.29) is 25.0 Å². The quantitative estimate of drug-likeness (QED) is 0.850. The van der Waals surface area contributed by atoms with Gasteiger partial charge >= 0.3 is 5.97 Å². The number of aryl methyl sites for hydroxylation is 1. The van der Waals surface area contributed by atoms with Gasteiger partial charge in [0.25, 0.3) is 5.91 Å². The van der Waals surface area contributed by atoms with Gasteiger partial charge in [0.2, 0.25) is 0 Å². The van der Waals surface area contributed by atoms with Crippen molar-refractivity contribution in [1.82, 2.24) is 14.5 Å². The maximum absolute atomic E-state index is 12.2. The molecule has 110 valence electrons. The van der Waals surface area contributed by atoms with E-state index in [2.05, 4.69) is 4.98 Å². The Morgan fingerprint density at radius 1 is 1.45 bits per heavy atom. The zero-order valence-corrected chi connectivity index (χ0v) is 11.5. The largest absolute Gasteiger partial charge is 0.481 e. The molecule has 1 amide bonds. The van der Waals surface area contributed by atoms with Crippen molar-refractivity contribution in [2.75, 3.05) is 19.7 Å². The SMILES string of the molecule is Cn1cncc1C(=O)N1CCC(OCCC(=O)O)CC1. The van der Waals surface area contributed by atoms with Crippen LogP contribution in [-0.2, 0) is 16.6 Å². The third kappa shape index (κ3) is 3.57. The first kappa shape index (κ1) is 14.5. The highest BCUT2D eigenvalue weighted by Gasteiger charge is 2.25. The Balaban J connectivity index is 1.78. The number of amides is 1. The summed E-state index contributed by atoms with van der Waals surface area (Å²) in [6.07, 6.45) is 4.72. The van der Waals surface area contributed by atoms with E-state index in [1.165, 1.54) is 0 Å². The third-order valence-corrected chi connectivity index (χ3v) is 3.43. The van der Waals surface area contributed by atoms with Crippen LogP contribution in [0.3, 0.4) is 0 Å². The highest BCUT2D eigenvalue weighted by Crippen LogP contribution is 2.16. The van der Waals surface area contributed by atoms with Crippen molar-refractivity contribution in [3.63, 3.8) is 0 Å². The second-order valence-electron chi connectivity index (χ2n) is 4.90. The van der Waals surface area contributed by atoms with E-state index >= 15 is 0 Å². The molecule has 20 heavy (non-hydrogen) atoms. The molecule has 0 radical (unpaired) electrons. The number of aliphatic carboxylic acids is 1. The number of imidazole rings is 1. The summed E-state index contributed by atoms with van der Waals surface area (Å²) in [6, 6.07) is 0. The summed E-state index contributed by atoms with van der Waals surface area (Å²) in [5.41, 5.74) is 0.579. The number of carbonyl (C=O) groups is 2. The summed E-state index contributed by atoms with van der Waals surface area (Å²) in [5.74, 6) is -0.872. The number of hydrogen-bond acceptors (Lipinski definition) is 4. The first-order valence-electron chi connectivity index (χ1n) is 6.67. The van der Waals surface area contributed by atoms with Crippen LogP contribution in [0.15, 0.2) is 12.5 Å². The number of carboxylic acid groups (broad SMARTS) is 1. The van der Waals surface area contributed by atoms with Gasteiger partial charge in [0.05, 0.1) is 31.7 Å². The van der Waals surface area contributed by atoms with Gasteiger partial charge in [-0.15, -0.1) is 0 Å². The van der Waals surface area contributed by atoms with Crippen LogP contribution in [0, 0.1) is 0 Å². The highest BCUT2D eigenvalue weighted by molar-refractivity contribution is 5.92. The van der Waals surface area contributed by atoms with Crippen molar-refractivity contribution in [3.8, 4) is 0 Å². The molecule has 2 rings (SSSR count). The van der Waals surface area contributed by atoms with Crippen molar-refractivity contribution in [2.24, 2.45) is 7.05 Å². The molecular formula is C13H19N3O4. The molecule has 1 aromatic rings. The number of nitrogens with zero attached hydrogens (tertiary/aromatic N) is 3. The van der Waals surface area contributed by atoms with Gasteiger partial charge in [0, 0.05) is 20.1 Å². The van der Waals surface area contributed by atoms with Crippen molar-refractivity contribution < 1.29 is 19.4 Å². The second kappa shape index (κ2) is 6.51. The fourth-order valence-corrected chi connectivity index (χ4v) is 2.26. The smallest absolute Gasteiger partial charge is 0.305 e. The van der Waals surface area contributed by atoms with Crippen molar-refractivity contribution in [3.05, 3.63) is 18.2 Å². The van der Waals surface area contributed by atoms with Crippen LogP contribution in [0.4, 0.5) is 0 Å². The second-order valence-corrected chi connectivity index (χ2v) is 4.90. The van der Waals surface area contributed by atoms with Gasteiger partial charge in [-0.1, -0.05) is 0 Å². The zero-order chi connectivity index (χ0) is 14.5. The summed E-state index contributed by atoms with van der Waals surface area (Å²) >= 11 is 0. The molecule has 0 aromatic carbocycles. The van der Waals surface area contributed by atoms with Crippen molar-refractivity contribution in [1.29, 1.82) is 0 Å². The van der Waals surface area contributed by atoms with E-state index < -0.39 is 5.97 Å². The number of rotatable bonds is 5. The number of ether oxygens (including phenoxy) is 1. The summed E-state index contributed by atoms with van der Waals surface area (Å²) < 4.78 is 7.21. The molecule has 1 aromatic heterocycles. The molecule has 1 saturated heterocycles. The van der Waals surface area contributed by atoms with Crippen LogP contribution in [0.1, 0.15) is 29.8 Å². The molecule has 2 heterocycles. The molecule has 1 fully saturated rings. The van der Waals surface area contributed by atoms with E-state index in [0.717, 1.165) is 12.8 Å². The molecule has 0 unspecified atom stereocenters. The molecule has 7 heteroatoms. The lowest BCUT2D eigenvalue weighted by molar-refractivity contribution is -0.138. The van der Waals surface area contributed by atoms with E-state index in [0.29, 0.717) is 18.8 Å². The van der Waals surface area contributed by atoms with Gasteiger partial charge in [-0.05, 0) is 12.8 Å². The summed E-state index contributed by atoms with van der Waals surface area (Å²) in [5, 5.41) is 8.55. The molecule has 0 aliphatic carbocycles. The van der Waals surface area contributed by atoms with Gasteiger partial charge in [-0.2, -0.15) is 0 Å². The highest BCUT2D eigenvalue weighted by atomic mass is 16.5. The number of aromatic nitrogens is 2. The van der Waals surface area contributed by atoms with Crippen LogP contribution in [0.25, 0.3) is 0 Å². The lowest BCUT2D eigenvalue weighted by Gasteiger charge is -2.31. The Morgan fingerprint density at radius 2 is 2.15 bits per heavy atom. The maximum atomic E-state index is 12.2. The van der Waals surface area contributed by atoms with Crippen LogP contribution in [0.5, 0.6) is 0 Å². The van der Waals surface area contributed by atoms with E-state index in [1.807, 2.05) is 0 Å². The van der Waals surface area contributed by atoms with Crippen LogP contribution in [0.2, 0.25) is 0 Å². The third-order valence-electron chi connectivity index (χ3n) is 3.43. The predicted octanol–water partition coefficient (Wildman–Crippen LogP) is 0.516. The summed E-state index contributed by atoms with van der Waals surface area (Å²) in [4.78, 5) is 28.4. The maximum Gasteiger partial charge on any atom is 0.305 e. The lowest BCUT2D eigenvalue weighted by atomic mass is 10.1. The number of carboxylic acids is 1. The van der Waals surface area contributed by atoms with E-state index in [9.17, 15) is 9.59 Å². The fraction of sp³-hybridized carbons (Fsp3) is 0.615. The minimum absolute atomic E-state index is 0.0195. The molecule has 1 aliphatic rings. The minimum atomic E-state index is -0.853. The molecule has 0 spiro atoms. The summed E-state index contributed by atoms with van der Waals surface area (Å²) in [7, 11) is 1.79. The molecule has 0 atom stereocenters. The average Bonchev–Trinajstić information content (AvgIpc) is 2.84. The van der Waals surface area contributed by atoms with Gasteiger partial charge in [-0.3, -0.25) is 9.59 Å². The molecule has 1 aliphatic heterocycles. The Labute approximate surface area is 117 Å². The average molecular weight is 281 g/mol. The Bertz CT molecular complexity index is 478. The van der Waals surface area contributed by atoms with Crippen LogP contribution < -0.4 is 0 Å². The molecule has 0 saturated carbocycles. The van der Waals surface area contributed by atoms with E-state index in [1.54, 1.807) is 29.0 Å². The lowest BCUT2D eigenvalue weighted by Crippen LogP contribution is -2.41. The molecule has 7 nitrogen and oxygen atoms in total. The topological polar surface area (TPSA) is 84.7 Å². The molecule has 0 bridgehead atoms. The predicted molar refractivity (Wildman–Crippen MR) is 70.3 cm³/mol.